The van der Waals surface area contributed by atoms with Crippen molar-refractivity contribution in [3.8, 4) is 0 Å². The summed E-state index contributed by atoms with van der Waals surface area (Å²) >= 11 is 42.4. The average Bonchev–Trinajstić information content (AvgIpc) is 1.84. The van der Waals surface area contributed by atoms with Gasteiger partial charge in [-0.2, -0.15) is 0 Å². The van der Waals surface area contributed by atoms with Gasteiger partial charge in [-0.3, -0.25) is 0 Å². The van der Waals surface area contributed by atoms with E-state index in [0.29, 0.717) is 11.9 Å². The first-order chi connectivity index (χ1) is 5.62. The van der Waals surface area contributed by atoms with E-state index < -0.39 is 12.0 Å². The normalized spacial score (nSPS) is 12.0. The predicted octanol–water partition coefficient (Wildman–Crippen LogP) is 5.30. The summed E-state index contributed by atoms with van der Waals surface area (Å²) in [5.74, 6) is 0.447. The number of hydrogen-bond donors (Lipinski definition) is 0. The molecule has 13 heavy (non-hydrogen) atoms. The van der Waals surface area contributed by atoms with Crippen molar-refractivity contribution in [3.63, 3.8) is 0 Å². The van der Waals surface area contributed by atoms with Gasteiger partial charge in [0.1, 0.15) is 0 Å². The minimum absolute atomic E-state index is 0.178. The monoisotopic (exact) mass is 378 g/mol. The third-order valence-corrected chi connectivity index (χ3v) is 7.49. The second-order valence-electron chi connectivity index (χ2n) is 1.80. The smallest absolute Gasteiger partial charge is 0.127 e. The zero-order valence-electron chi connectivity index (χ0n) is 6.15. The molecule has 0 aromatic rings. The summed E-state index contributed by atoms with van der Waals surface area (Å²) in [5.41, 5.74) is 0.178. The van der Waals surface area contributed by atoms with E-state index in [1.54, 1.807) is 0 Å². The molecule has 0 bridgehead atoms. The molecule has 0 aliphatic carbocycles. The van der Waals surface area contributed by atoms with E-state index in [-0.39, 0.29) is 5.50 Å². The molecule has 0 amide bonds. The molecule has 0 aliphatic heterocycles. The summed E-state index contributed by atoms with van der Waals surface area (Å²) in [7, 11) is 0. The molecular formula is C3H6Cl8Si2. The van der Waals surface area contributed by atoms with Crippen LogP contribution in [0, 0.1) is 0 Å². The summed E-state index contributed by atoms with van der Waals surface area (Å²) in [6.45, 7) is 0. The van der Waals surface area contributed by atoms with Crippen LogP contribution >= 0.6 is 89.7 Å². The Labute approximate surface area is 118 Å². The van der Waals surface area contributed by atoms with Gasteiger partial charge in [0.05, 0.1) is 5.50 Å². The number of rotatable bonds is 3. The Balaban J connectivity index is 0. The predicted molar refractivity (Wildman–Crippen MR) is 72.9 cm³/mol. The maximum atomic E-state index is 5.42. The highest BCUT2D eigenvalue weighted by Crippen LogP contribution is 2.24. The Bertz CT molecular complexity index is 116. The van der Waals surface area contributed by atoms with Crippen molar-refractivity contribution in [2.24, 2.45) is 0 Å². The van der Waals surface area contributed by atoms with Crippen molar-refractivity contribution in [2.75, 3.05) is 11.4 Å². The topological polar surface area (TPSA) is 0 Å². The SMILES string of the molecule is ClCC[Si](Cl)(Cl)Cl.ClC[Si](Cl)(Cl)Cl. The van der Waals surface area contributed by atoms with Gasteiger partial charge in [0.25, 0.3) is 0 Å². The first-order valence-electron chi connectivity index (χ1n) is 2.88. The highest BCUT2D eigenvalue weighted by molar-refractivity contribution is 7.66. The molecule has 0 aromatic carbocycles. The minimum Gasteiger partial charge on any atom is -0.127 e. The van der Waals surface area contributed by atoms with Gasteiger partial charge in [-0.25, -0.2) is 0 Å². The van der Waals surface area contributed by atoms with Crippen LogP contribution in [0.5, 0.6) is 0 Å². The van der Waals surface area contributed by atoms with Crippen molar-refractivity contribution >= 4 is 102 Å². The number of alkyl halides is 2. The minimum atomic E-state index is -2.45. The van der Waals surface area contributed by atoms with Crippen molar-refractivity contribution < 1.29 is 0 Å². The summed E-state index contributed by atoms with van der Waals surface area (Å²) in [6.07, 6.45) is 0. The molecule has 0 aromatic heterocycles. The van der Waals surface area contributed by atoms with E-state index in [0.717, 1.165) is 0 Å². The molecule has 0 fully saturated rings. The molecule has 0 saturated carbocycles. The van der Waals surface area contributed by atoms with E-state index >= 15 is 0 Å². The molecule has 0 saturated heterocycles. The van der Waals surface area contributed by atoms with Crippen LogP contribution in [0.25, 0.3) is 0 Å². The molecule has 0 atom stereocenters. The fourth-order valence-corrected chi connectivity index (χ4v) is 2.89. The third kappa shape index (κ3) is 25.2. The lowest BCUT2D eigenvalue weighted by atomic mass is 11.0. The third-order valence-electron chi connectivity index (χ3n) is 0.529. The zero-order valence-corrected chi connectivity index (χ0v) is 14.2. The van der Waals surface area contributed by atoms with Crippen molar-refractivity contribution in [1.82, 2.24) is 0 Å². The standard InChI is InChI=1S/C2H4Cl4Si.CH2Cl4Si/c3-1-2-7(4,5)6;2-1-6(3,4)5/h1-2H2;1H2. The average molecular weight is 382 g/mol. The van der Waals surface area contributed by atoms with Crippen LogP contribution in [0.4, 0.5) is 0 Å². The second-order valence-corrected chi connectivity index (χ2v) is 21.3. The van der Waals surface area contributed by atoms with Crippen LogP contribution in [0.3, 0.4) is 0 Å². The van der Waals surface area contributed by atoms with Gasteiger partial charge in [-0.1, -0.05) is 0 Å². The van der Waals surface area contributed by atoms with Crippen LogP contribution in [-0.2, 0) is 0 Å². The maximum absolute atomic E-state index is 5.42. The summed E-state index contributed by atoms with van der Waals surface area (Å²) in [4.78, 5) is 0. The molecule has 0 nitrogen and oxygen atoms in total. The fraction of sp³-hybridized carbons (Fsp3) is 1.00. The lowest BCUT2D eigenvalue weighted by Gasteiger charge is -2.00. The van der Waals surface area contributed by atoms with Gasteiger partial charge in [0, 0.05) is 5.88 Å². The second kappa shape index (κ2) is 8.85. The van der Waals surface area contributed by atoms with Crippen LogP contribution in [0.15, 0.2) is 0 Å². The van der Waals surface area contributed by atoms with Gasteiger partial charge < -0.3 is 0 Å². The molecule has 0 unspecified atom stereocenters. The van der Waals surface area contributed by atoms with Gasteiger partial charge in [0.2, 0.25) is 0 Å². The summed E-state index contributed by atoms with van der Waals surface area (Å²) in [6, 6.07) is -4.28. The van der Waals surface area contributed by atoms with Gasteiger partial charge in [0.15, 0.2) is 0 Å². The molecule has 0 radical (unpaired) electrons. The molecule has 0 heterocycles. The zero-order chi connectivity index (χ0) is 11.1. The fourth-order valence-electron chi connectivity index (χ4n) is 0.107. The quantitative estimate of drug-likeness (QED) is 0.353. The van der Waals surface area contributed by atoms with Gasteiger partial charge >= 0.3 is 12.0 Å². The largest absolute Gasteiger partial charge is 0.355 e. The Morgan fingerprint density at radius 3 is 1.00 bits per heavy atom. The first kappa shape index (κ1) is 18.1. The van der Waals surface area contributed by atoms with Crippen molar-refractivity contribution in [3.05, 3.63) is 0 Å². The van der Waals surface area contributed by atoms with Gasteiger partial charge in [-0.15, -0.1) is 89.7 Å². The molecule has 0 N–H and O–H groups in total. The maximum Gasteiger partial charge on any atom is 0.355 e. The van der Waals surface area contributed by atoms with E-state index in [9.17, 15) is 0 Å². The summed E-state index contributed by atoms with van der Waals surface area (Å²) in [5, 5.41) is 0. The van der Waals surface area contributed by atoms with Gasteiger partial charge in [-0.05, 0) is 6.04 Å². The Kier molecular flexibility index (Phi) is 12.3. The molecular weight excluding hydrogens is 376 g/mol. The first-order valence-corrected chi connectivity index (χ1v) is 14.4. The van der Waals surface area contributed by atoms with Crippen LogP contribution in [0.2, 0.25) is 6.04 Å². The highest BCUT2D eigenvalue weighted by Gasteiger charge is 2.23. The lowest BCUT2D eigenvalue weighted by molar-refractivity contribution is 1.47. The Morgan fingerprint density at radius 1 is 0.692 bits per heavy atom. The van der Waals surface area contributed by atoms with Crippen molar-refractivity contribution in [2.45, 2.75) is 6.04 Å². The molecule has 0 spiro atoms. The molecule has 10 heteroatoms. The van der Waals surface area contributed by atoms with E-state index in [1.807, 2.05) is 0 Å². The van der Waals surface area contributed by atoms with Crippen molar-refractivity contribution in [1.29, 1.82) is 0 Å². The van der Waals surface area contributed by atoms with Crippen LogP contribution < -0.4 is 0 Å². The van der Waals surface area contributed by atoms with Crippen LogP contribution in [0.1, 0.15) is 0 Å². The Morgan fingerprint density at radius 2 is 1.00 bits per heavy atom. The van der Waals surface area contributed by atoms with Crippen LogP contribution in [-0.4, -0.2) is 23.4 Å². The Hall–Kier alpha value is 2.75. The molecule has 0 aliphatic rings. The number of halogens is 8. The highest BCUT2D eigenvalue weighted by atomic mass is 35.8. The molecule has 0 rings (SSSR count). The summed E-state index contributed by atoms with van der Waals surface area (Å²) < 4.78 is 0. The number of hydrogen-bond acceptors (Lipinski definition) is 0. The van der Waals surface area contributed by atoms with E-state index in [2.05, 4.69) is 0 Å². The van der Waals surface area contributed by atoms with E-state index in [1.165, 1.54) is 0 Å². The lowest BCUT2D eigenvalue weighted by Crippen LogP contribution is -2.10. The van der Waals surface area contributed by atoms with E-state index in [4.69, 9.17) is 89.7 Å². The molecule has 82 valence electrons.